The zero-order valence-electron chi connectivity index (χ0n) is 11.4. The maximum absolute atomic E-state index is 12.8. The van der Waals surface area contributed by atoms with E-state index in [1.54, 1.807) is 24.3 Å². The molecule has 0 fully saturated rings. The van der Waals surface area contributed by atoms with Crippen LogP contribution in [0.15, 0.2) is 53.4 Å². The summed E-state index contributed by atoms with van der Waals surface area (Å²) < 4.78 is 35.3. The molecule has 5 nitrogen and oxygen atoms in total. The molecule has 2 rings (SSSR count). The molecule has 0 aromatic heterocycles. The third-order valence-electron chi connectivity index (χ3n) is 2.79. The van der Waals surface area contributed by atoms with Gasteiger partial charge in [0.25, 0.3) is 0 Å². The molecule has 0 aliphatic carbocycles. The lowest BCUT2D eigenvalue weighted by Crippen LogP contribution is -2.28. The zero-order valence-corrected chi connectivity index (χ0v) is 13.0. The number of rotatable bonds is 4. The predicted molar refractivity (Wildman–Crippen MR) is 87.3 cm³/mol. The highest BCUT2D eigenvalue weighted by molar-refractivity contribution is 7.89. The van der Waals surface area contributed by atoms with Crippen molar-refractivity contribution in [1.29, 1.82) is 0 Å². The Balaban J connectivity index is 1.96. The second-order valence-electron chi connectivity index (χ2n) is 4.51. The van der Waals surface area contributed by atoms with Gasteiger partial charge in [0, 0.05) is 12.2 Å². The van der Waals surface area contributed by atoms with Crippen molar-refractivity contribution < 1.29 is 12.8 Å². The van der Waals surface area contributed by atoms with Gasteiger partial charge in [-0.2, -0.15) is 0 Å². The lowest BCUT2D eigenvalue weighted by molar-refractivity contribution is 0.598. The fourth-order valence-electron chi connectivity index (χ4n) is 1.71. The van der Waals surface area contributed by atoms with Crippen molar-refractivity contribution in [3.8, 4) is 0 Å². The average Bonchev–Trinajstić information content (AvgIpc) is 2.46. The fourth-order valence-corrected chi connectivity index (χ4v) is 2.46. The van der Waals surface area contributed by atoms with Gasteiger partial charge in [-0.3, -0.25) is 0 Å². The van der Waals surface area contributed by atoms with Crippen molar-refractivity contribution in [2.24, 2.45) is 5.14 Å². The van der Waals surface area contributed by atoms with Crippen molar-refractivity contribution in [1.82, 2.24) is 5.32 Å². The summed E-state index contributed by atoms with van der Waals surface area (Å²) in [6.45, 7) is 0.418. The maximum atomic E-state index is 12.8. The number of primary sulfonamides is 1. The summed E-state index contributed by atoms with van der Waals surface area (Å²) in [7, 11) is -3.76. The number of thiocarbonyl (C=S) groups is 1. The highest BCUT2D eigenvalue weighted by atomic mass is 32.2. The van der Waals surface area contributed by atoms with Gasteiger partial charge in [-0.1, -0.05) is 18.2 Å². The number of benzene rings is 2. The molecule has 8 heteroatoms. The fraction of sp³-hybridized carbons (Fsp3) is 0.0714. The molecule has 0 radical (unpaired) electrons. The van der Waals surface area contributed by atoms with Crippen LogP contribution < -0.4 is 15.8 Å². The smallest absolute Gasteiger partial charge is 0.238 e. The molecule has 0 heterocycles. The number of hydrogen-bond acceptors (Lipinski definition) is 3. The average molecular weight is 339 g/mol. The predicted octanol–water partition coefficient (Wildman–Crippen LogP) is 1.96. The van der Waals surface area contributed by atoms with Crippen LogP contribution in [0.2, 0.25) is 0 Å². The normalized spacial score (nSPS) is 11.0. The van der Waals surface area contributed by atoms with Gasteiger partial charge in [0.15, 0.2) is 5.11 Å². The van der Waals surface area contributed by atoms with E-state index in [2.05, 4.69) is 10.6 Å². The van der Waals surface area contributed by atoms with Gasteiger partial charge in [0.2, 0.25) is 10.0 Å². The summed E-state index contributed by atoms with van der Waals surface area (Å²) in [6, 6.07) is 12.0. The second-order valence-corrected chi connectivity index (χ2v) is 6.48. The first-order valence-electron chi connectivity index (χ1n) is 6.27. The summed E-state index contributed by atoms with van der Waals surface area (Å²) in [4.78, 5) is -0.00108. The molecule has 4 N–H and O–H groups in total. The number of nitrogens with one attached hydrogen (secondary N) is 2. The molecule has 0 unspecified atom stereocenters. The Morgan fingerprint density at radius 2 is 1.86 bits per heavy atom. The quantitative estimate of drug-likeness (QED) is 0.742. The van der Waals surface area contributed by atoms with E-state index < -0.39 is 10.0 Å². The van der Waals surface area contributed by atoms with Crippen LogP contribution in [0.3, 0.4) is 0 Å². The van der Waals surface area contributed by atoms with E-state index >= 15 is 0 Å². The molecule has 116 valence electrons. The van der Waals surface area contributed by atoms with Crippen LogP contribution >= 0.6 is 12.2 Å². The van der Waals surface area contributed by atoms with Gasteiger partial charge in [-0.05, 0) is 48.1 Å². The van der Waals surface area contributed by atoms with Crippen LogP contribution in [0.1, 0.15) is 5.56 Å². The Hall–Kier alpha value is -2.03. The van der Waals surface area contributed by atoms with E-state index in [0.29, 0.717) is 17.3 Å². The largest absolute Gasteiger partial charge is 0.358 e. The van der Waals surface area contributed by atoms with Gasteiger partial charge in [-0.25, -0.2) is 17.9 Å². The van der Waals surface area contributed by atoms with Gasteiger partial charge in [-0.15, -0.1) is 0 Å². The highest BCUT2D eigenvalue weighted by Crippen LogP contribution is 2.14. The van der Waals surface area contributed by atoms with Crippen molar-refractivity contribution in [3.05, 3.63) is 59.9 Å². The van der Waals surface area contributed by atoms with Crippen molar-refractivity contribution in [2.45, 2.75) is 11.4 Å². The summed E-state index contributed by atoms with van der Waals surface area (Å²) in [5.41, 5.74) is 1.37. The Bertz CT molecular complexity index is 777. The van der Waals surface area contributed by atoms with Crippen LogP contribution in [0, 0.1) is 5.82 Å². The van der Waals surface area contributed by atoms with Crippen molar-refractivity contribution in [3.63, 3.8) is 0 Å². The Morgan fingerprint density at radius 3 is 2.50 bits per heavy atom. The lowest BCUT2D eigenvalue weighted by atomic mass is 10.2. The van der Waals surface area contributed by atoms with Crippen LogP contribution in [-0.4, -0.2) is 13.5 Å². The van der Waals surface area contributed by atoms with Gasteiger partial charge in [0.05, 0.1) is 4.90 Å². The zero-order chi connectivity index (χ0) is 16.2. The minimum absolute atomic E-state index is 0.00108. The summed E-state index contributed by atoms with van der Waals surface area (Å²) in [5.74, 6) is -0.302. The molecular weight excluding hydrogens is 325 g/mol. The number of nitrogens with two attached hydrogens (primary N) is 1. The van der Waals surface area contributed by atoms with E-state index in [-0.39, 0.29) is 10.7 Å². The lowest BCUT2D eigenvalue weighted by Gasteiger charge is -2.11. The molecule has 0 bridgehead atoms. The van der Waals surface area contributed by atoms with Gasteiger partial charge < -0.3 is 10.6 Å². The third-order valence-corrected chi connectivity index (χ3v) is 3.94. The molecule has 2 aromatic rings. The molecular formula is C14H14FN3O2S2. The number of halogens is 1. The summed E-state index contributed by atoms with van der Waals surface area (Å²) in [6.07, 6.45) is 0. The van der Waals surface area contributed by atoms with E-state index in [4.69, 9.17) is 17.4 Å². The number of sulfonamides is 1. The van der Waals surface area contributed by atoms with Crippen LogP contribution in [0.5, 0.6) is 0 Å². The Labute approximate surface area is 133 Å². The molecule has 2 aromatic carbocycles. The summed E-state index contributed by atoms with van der Waals surface area (Å²) >= 11 is 5.12. The number of hydrogen-bond donors (Lipinski definition) is 3. The SMILES string of the molecule is NS(=O)(=O)c1cccc(NC(=S)NCc2ccc(F)cc2)c1. The summed E-state index contributed by atoms with van der Waals surface area (Å²) in [5, 5.41) is 11.2. The van der Waals surface area contributed by atoms with E-state index in [0.717, 1.165) is 5.56 Å². The topological polar surface area (TPSA) is 84.2 Å². The molecule has 0 aliphatic rings. The molecule has 0 saturated heterocycles. The molecule has 0 saturated carbocycles. The molecule has 22 heavy (non-hydrogen) atoms. The van der Waals surface area contributed by atoms with Crippen molar-refractivity contribution in [2.75, 3.05) is 5.32 Å². The standard InChI is InChI=1S/C14H14FN3O2S2/c15-11-6-4-10(5-7-11)9-17-14(21)18-12-2-1-3-13(8-12)22(16,19)20/h1-8H,9H2,(H2,16,19,20)(H2,17,18,21). The maximum Gasteiger partial charge on any atom is 0.238 e. The molecule has 0 spiro atoms. The Morgan fingerprint density at radius 1 is 1.18 bits per heavy atom. The minimum atomic E-state index is -3.76. The highest BCUT2D eigenvalue weighted by Gasteiger charge is 2.08. The van der Waals surface area contributed by atoms with Gasteiger partial charge in [0.1, 0.15) is 5.82 Å². The monoisotopic (exact) mass is 339 g/mol. The van der Waals surface area contributed by atoms with E-state index in [1.807, 2.05) is 0 Å². The van der Waals surface area contributed by atoms with Crippen LogP contribution in [0.25, 0.3) is 0 Å². The Kier molecular flexibility index (Phi) is 5.07. The first-order chi connectivity index (χ1) is 10.3. The van der Waals surface area contributed by atoms with E-state index in [1.165, 1.54) is 24.3 Å². The van der Waals surface area contributed by atoms with Crippen molar-refractivity contribution >= 4 is 33.0 Å². The second kappa shape index (κ2) is 6.82. The number of anilines is 1. The molecule has 0 aliphatic heterocycles. The van der Waals surface area contributed by atoms with E-state index in [9.17, 15) is 12.8 Å². The molecule has 0 amide bonds. The first kappa shape index (κ1) is 16.3. The van der Waals surface area contributed by atoms with Crippen LogP contribution in [0.4, 0.5) is 10.1 Å². The molecule has 0 atom stereocenters. The third kappa shape index (κ3) is 4.76. The minimum Gasteiger partial charge on any atom is -0.358 e. The van der Waals surface area contributed by atoms with Crippen LogP contribution in [-0.2, 0) is 16.6 Å². The van der Waals surface area contributed by atoms with Gasteiger partial charge >= 0.3 is 0 Å². The first-order valence-corrected chi connectivity index (χ1v) is 8.22.